The summed E-state index contributed by atoms with van der Waals surface area (Å²) in [6.45, 7) is 2.73. The Kier molecular flexibility index (Phi) is 4.42. The van der Waals surface area contributed by atoms with Gasteiger partial charge in [-0.15, -0.1) is 0 Å². The van der Waals surface area contributed by atoms with E-state index < -0.39 is 5.60 Å². The molecule has 1 heterocycles. The number of anilines is 2. The number of hydrogen-bond donors (Lipinski definition) is 3. The van der Waals surface area contributed by atoms with Crippen LogP contribution in [0.25, 0.3) is 10.9 Å². The van der Waals surface area contributed by atoms with Gasteiger partial charge in [-0.25, -0.2) is 4.98 Å². The standard InChI is InChI=1S/C15H21N3O2/c1-15(19,7-8-20-2)10-17-14-6-3-11-9-12(16)4-5-13(11)18-14/h3-6,9,19H,7-8,10,16H2,1-2H3,(H,17,18). The van der Waals surface area contributed by atoms with E-state index in [-0.39, 0.29) is 0 Å². The summed E-state index contributed by atoms with van der Waals surface area (Å²) >= 11 is 0. The van der Waals surface area contributed by atoms with Gasteiger partial charge in [-0.3, -0.25) is 0 Å². The maximum Gasteiger partial charge on any atom is 0.126 e. The summed E-state index contributed by atoms with van der Waals surface area (Å²) in [6, 6.07) is 9.45. The Labute approximate surface area is 118 Å². The minimum absolute atomic E-state index is 0.420. The van der Waals surface area contributed by atoms with Gasteiger partial charge in [0, 0.05) is 37.8 Å². The number of pyridine rings is 1. The third kappa shape index (κ3) is 3.82. The number of methoxy groups -OCH3 is 1. The van der Waals surface area contributed by atoms with Crippen LogP contribution in [0.4, 0.5) is 11.5 Å². The van der Waals surface area contributed by atoms with E-state index in [0.29, 0.717) is 19.6 Å². The number of ether oxygens (including phenoxy) is 1. The molecule has 2 rings (SSSR count). The normalized spacial score (nSPS) is 14.2. The van der Waals surface area contributed by atoms with Crippen molar-refractivity contribution in [3.05, 3.63) is 30.3 Å². The second kappa shape index (κ2) is 6.07. The van der Waals surface area contributed by atoms with Gasteiger partial charge in [-0.1, -0.05) is 0 Å². The summed E-state index contributed by atoms with van der Waals surface area (Å²) in [7, 11) is 1.63. The van der Waals surface area contributed by atoms with Crippen molar-refractivity contribution in [3.63, 3.8) is 0 Å². The lowest BCUT2D eigenvalue weighted by Gasteiger charge is -2.23. The fourth-order valence-electron chi connectivity index (χ4n) is 1.93. The molecule has 1 aromatic carbocycles. The van der Waals surface area contributed by atoms with E-state index in [1.807, 2.05) is 30.3 Å². The summed E-state index contributed by atoms with van der Waals surface area (Å²) in [4.78, 5) is 4.49. The molecule has 5 heteroatoms. The molecule has 0 aliphatic carbocycles. The monoisotopic (exact) mass is 275 g/mol. The van der Waals surface area contributed by atoms with Gasteiger partial charge < -0.3 is 20.9 Å². The summed E-state index contributed by atoms with van der Waals surface area (Å²) in [6.07, 6.45) is 0.570. The van der Waals surface area contributed by atoms with Crippen molar-refractivity contribution >= 4 is 22.4 Å². The highest BCUT2D eigenvalue weighted by Gasteiger charge is 2.19. The molecule has 0 spiro atoms. The molecule has 0 bridgehead atoms. The highest BCUT2D eigenvalue weighted by Crippen LogP contribution is 2.19. The minimum atomic E-state index is -0.826. The molecule has 0 fully saturated rings. The molecule has 0 saturated heterocycles. The van der Waals surface area contributed by atoms with Crippen LogP contribution in [0.15, 0.2) is 30.3 Å². The van der Waals surface area contributed by atoms with Crippen molar-refractivity contribution in [2.75, 3.05) is 31.3 Å². The molecule has 0 aliphatic rings. The first kappa shape index (κ1) is 14.6. The Bertz CT molecular complexity index is 584. The van der Waals surface area contributed by atoms with Crippen LogP contribution in [0, 0.1) is 0 Å². The lowest BCUT2D eigenvalue weighted by atomic mass is 10.0. The number of nitrogens with two attached hydrogens (primary N) is 1. The van der Waals surface area contributed by atoms with Gasteiger partial charge >= 0.3 is 0 Å². The first-order valence-electron chi connectivity index (χ1n) is 6.62. The highest BCUT2D eigenvalue weighted by molar-refractivity contribution is 5.83. The van der Waals surface area contributed by atoms with Gasteiger partial charge in [0.15, 0.2) is 0 Å². The SMILES string of the molecule is COCCC(C)(O)CNc1ccc2cc(N)ccc2n1. The van der Waals surface area contributed by atoms with Crippen molar-refractivity contribution in [2.24, 2.45) is 0 Å². The molecule has 0 saturated carbocycles. The minimum Gasteiger partial charge on any atom is -0.399 e. The van der Waals surface area contributed by atoms with Crippen molar-refractivity contribution in [2.45, 2.75) is 18.9 Å². The molecule has 1 aromatic heterocycles. The van der Waals surface area contributed by atoms with Crippen molar-refractivity contribution in [3.8, 4) is 0 Å². The molecule has 5 nitrogen and oxygen atoms in total. The lowest BCUT2D eigenvalue weighted by Crippen LogP contribution is -2.34. The molecule has 1 atom stereocenters. The van der Waals surface area contributed by atoms with Crippen LogP contribution in [0.1, 0.15) is 13.3 Å². The lowest BCUT2D eigenvalue weighted by molar-refractivity contribution is 0.0357. The molecular weight excluding hydrogens is 254 g/mol. The third-order valence-corrected chi connectivity index (χ3v) is 3.21. The van der Waals surface area contributed by atoms with E-state index in [1.54, 1.807) is 14.0 Å². The Balaban J connectivity index is 2.05. The van der Waals surface area contributed by atoms with Crippen LogP contribution < -0.4 is 11.1 Å². The molecule has 108 valence electrons. The van der Waals surface area contributed by atoms with E-state index in [1.165, 1.54) is 0 Å². The molecule has 2 aromatic rings. The summed E-state index contributed by atoms with van der Waals surface area (Å²) < 4.78 is 4.98. The molecular formula is C15H21N3O2. The fourth-order valence-corrected chi connectivity index (χ4v) is 1.93. The predicted octanol–water partition coefficient (Wildman–Crippen LogP) is 2.02. The summed E-state index contributed by atoms with van der Waals surface area (Å²) in [5.74, 6) is 0.736. The number of benzene rings is 1. The maximum atomic E-state index is 10.2. The molecule has 20 heavy (non-hydrogen) atoms. The van der Waals surface area contributed by atoms with E-state index in [4.69, 9.17) is 10.5 Å². The van der Waals surface area contributed by atoms with E-state index >= 15 is 0 Å². The highest BCUT2D eigenvalue weighted by atomic mass is 16.5. The number of rotatable bonds is 6. The average molecular weight is 275 g/mol. The van der Waals surface area contributed by atoms with Gasteiger partial charge in [0.1, 0.15) is 5.82 Å². The average Bonchev–Trinajstić information content (AvgIpc) is 2.43. The zero-order valence-corrected chi connectivity index (χ0v) is 11.9. The zero-order chi connectivity index (χ0) is 14.6. The number of aromatic nitrogens is 1. The molecule has 0 radical (unpaired) electrons. The molecule has 1 unspecified atom stereocenters. The van der Waals surface area contributed by atoms with Crippen molar-refractivity contribution in [1.82, 2.24) is 4.98 Å². The predicted molar refractivity (Wildman–Crippen MR) is 81.8 cm³/mol. The summed E-state index contributed by atoms with van der Waals surface area (Å²) in [5, 5.41) is 14.3. The van der Waals surface area contributed by atoms with Crippen LogP contribution in [0.3, 0.4) is 0 Å². The Morgan fingerprint density at radius 1 is 1.35 bits per heavy atom. The van der Waals surface area contributed by atoms with E-state index in [0.717, 1.165) is 22.4 Å². The number of nitrogen functional groups attached to an aromatic ring is 1. The molecule has 0 amide bonds. The number of nitrogens with zero attached hydrogens (tertiary/aromatic N) is 1. The first-order chi connectivity index (χ1) is 9.50. The van der Waals surface area contributed by atoms with Gasteiger partial charge in [0.2, 0.25) is 0 Å². The third-order valence-electron chi connectivity index (χ3n) is 3.21. The second-order valence-electron chi connectivity index (χ2n) is 5.24. The van der Waals surface area contributed by atoms with Crippen LogP contribution in [0.2, 0.25) is 0 Å². The largest absolute Gasteiger partial charge is 0.399 e. The Hall–Kier alpha value is -1.85. The van der Waals surface area contributed by atoms with E-state index in [2.05, 4.69) is 10.3 Å². The number of hydrogen-bond acceptors (Lipinski definition) is 5. The topological polar surface area (TPSA) is 80.4 Å². The van der Waals surface area contributed by atoms with Crippen LogP contribution in [-0.4, -0.2) is 36.0 Å². The Morgan fingerprint density at radius 3 is 2.90 bits per heavy atom. The van der Waals surface area contributed by atoms with Crippen molar-refractivity contribution in [1.29, 1.82) is 0 Å². The zero-order valence-electron chi connectivity index (χ0n) is 11.9. The number of aliphatic hydroxyl groups is 1. The number of nitrogens with one attached hydrogen (secondary N) is 1. The van der Waals surface area contributed by atoms with Crippen LogP contribution in [0.5, 0.6) is 0 Å². The van der Waals surface area contributed by atoms with Gasteiger partial charge in [-0.2, -0.15) is 0 Å². The summed E-state index contributed by atoms with van der Waals surface area (Å²) in [5.41, 5.74) is 6.51. The Morgan fingerprint density at radius 2 is 2.15 bits per heavy atom. The van der Waals surface area contributed by atoms with Crippen molar-refractivity contribution < 1.29 is 9.84 Å². The van der Waals surface area contributed by atoms with Gasteiger partial charge in [0.05, 0.1) is 11.1 Å². The smallest absolute Gasteiger partial charge is 0.126 e. The first-order valence-corrected chi connectivity index (χ1v) is 6.62. The maximum absolute atomic E-state index is 10.2. The van der Waals surface area contributed by atoms with Gasteiger partial charge in [-0.05, 0) is 37.3 Å². The van der Waals surface area contributed by atoms with E-state index in [9.17, 15) is 5.11 Å². The van der Waals surface area contributed by atoms with Crippen LogP contribution in [-0.2, 0) is 4.74 Å². The van der Waals surface area contributed by atoms with Crippen LogP contribution >= 0.6 is 0 Å². The number of fused-ring (bicyclic) bond motifs is 1. The fraction of sp³-hybridized carbons (Fsp3) is 0.400. The quantitative estimate of drug-likeness (QED) is 0.703. The molecule has 0 aliphatic heterocycles. The van der Waals surface area contributed by atoms with Gasteiger partial charge in [0.25, 0.3) is 0 Å². The second-order valence-corrected chi connectivity index (χ2v) is 5.24. The molecule has 4 N–H and O–H groups in total.